The fraction of sp³-hybridized carbons (Fsp3) is 0.435. The van der Waals surface area contributed by atoms with Gasteiger partial charge in [-0.1, -0.05) is 17.7 Å². The van der Waals surface area contributed by atoms with Crippen molar-refractivity contribution in [3.63, 3.8) is 0 Å². The van der Waals surface area contributed by atoms with E-state index in [2.05, 4.69) is 32.5 Å². The largest absolute Gasteiger partial charge is 0.355 e. The average molecular weight is 531 g/mol. The van der Waals surface area contributed by atoms with E-state index in [0.29, 0.717) is 22.2 Å². The third-order valence-corrected chi connectivity index (χ3v) is 7.30. The van der Waals surface area contributed by atoms with Crippen LogP contribution in [0.15, 0.2) is 30.5 Å². The van der Waals surface area contributed by atoms with Gasteiger partial charge in [-0.2, -0.15) is 0 Å². The first-order valence-corrected chi connectivity index (χ1v) is 11.9. The fourth-order valence-electron chi connectivity index (χ4n) is 4.08. The van der Waals surface area contributed by atoms with Gasteiger partial charge in [-0.25, -0.2) is 9.97 Å². The maximum Gasteiger partial charge on any atom is 0.251 e. The van der Waals surface area contributed by atoms with Crippen LogP contribution in [-0.4, -0.2) is 54.5 Å². The lowest BCUT2D eigenvalue weighted by molar-refractivity contribution is 0.0964. The maximum atomic E-state index is 12.2. The summed E-state index contributed by atoms with van der Waals surface area (Å²) in [5, 5.41) is 7.46. The summed E-state index contributed by atoms with van der Waals surface area (Å²) in [5.41, 5.74) is 1.35. The number of anilines is 1. The number of fused-ring (bicyclic) bond motifs is 1. The minimum absolute atomic E-state index is 0. The first kappa shape index (κ1) is 27.6. The number of benzene rings is 1. The van der Waals surface area contributed by atoms with Gasteiger partial charge >= 0.3 is 0 Å². The number of thiophene rings is 1. The van der Waals surface area contributed by atoms with Gasteiger partial charge in [-0.3, -0.25) is 4.79 Å². The predicted octanol–water partition coefficient (Wildman–Crippen LogP) is 5.75. The molecule has 10 heteroatoms. The van der Waals surface area contributed by atoms with Crippen LogP contribution >= 0.6 is 47.8 Å². The van der Waals surface area contributed by atoms with Crippen LogP contribution in [0, 0.1) is 5.92 Å². The van der Waals surface area contributed by atoms with Crippen LogP contribution < -0.4 is 10.6 Å². The summed E-state index contributed by atoms with van der Waals surface area (Å²) < 4.78 is 1.03. The Balaban J connectivity index is 0.00000193. The van der Waals surface area contributed by atoms with Gasteiger partial charge in [0, 0.05) is 29.2 Å². The zero-order chi connectivity index (χ0) is 21.8. The van der Waals surface area contributed by atoms with Crippen LogP contribution in [0.25, 0.3) is 20.7 Å². The molecule has 0 saturated carbocycles. The molecule has 1 aromatic carbocycles. The molecule has 1 aliphatic rings. The van der Waals surface area contributed by atoms with E-state index >= 15 is 0 Å². The molecule has 6 nitrogen and oxygen atoms in total. The van der Waals surface area contributed by atoms with E-state index in [0.717, 1.165) is 33.8 Å². The SMILES string of the molecule is CNC(=O)c1cccc2sc(-c3nc(NCCCC4CCN(C)CC4)ncc3Cl)cc12.Cl.Cl. The van der Waals surface area contributed by atoms with Crippen molar-refractivity contribution in [2.75, 3.05) is 39.0 Å². The lowest BCUT2D eigenvalue weighted by Crippen LogP contribution is -2.30. The van der Waals surface area contributed by atoms with Gasteiger partial charge in [-0.05, 0) is 69.9 Å². The molecule has 0 aliphatic carbocycles. The van der Waals surface area contributed by atoms with Crippen LogP contribution in [0.1, 0.15) is 36.0 Å². The number of hydrogen-bond donors (Lipinski definition) is 2. The van der Waals surface area contributed by atoms with Crippen LogP contribution in [0.4, 0.5) is 5.95 Å². The third kappa shape index (κ3) is 6.70. The molecule has 3 heterocycles. The van der Waals surface area contributed by atoms with Crippen molar-refractivity contribution in [1.29, 1.82) is 0 Å². The highest BCUT2D eigenvalue weighted by molar-refractivity contribution is 7.22. The minimum atomic E-state index is -0.101. The molecule has 0 spiro atoms. The van der Waals surface area contributed by atoms with E-state index in [1.807, 2.05) is 24.3 Å². The van der Waals surface area contributed by atoms with Gasteiger partial charge in [0.2, 0.25) is 5.95 Å². The number of hydrogen-bond acceptors (Lipinski definition) is 6. The summed E-state index contributed by atoms with van der Waals surface area (Å²) in [7, 11) is 3.84. The molecular formula is C23H30Cl3N5OS. The highest BCUT2D eigenvalue weighted by atomic mass is 35.5. The van der Waals surface area contributed by atoms with Crippen molar-refractivity contribution in [2.45, 2.75) is 25.7 Å². The van der Waals surface area contributed by atoms with Gasteiger partial charge in [0.1, 0.15) is 5.69 Å². The Labute approximate surface area is 216 Å². The molecule has 1 fully saturated rings. The second-order valence-corrected chi connectivity index (χ2v) is 9.60. The van der Waals surface area contributed by atoms with Crippen molar-refractivity contribution in [3.8, 4) is 10.6 Å². The number of amides is 1. The highest BCUT2D eigenvalue weighted by Gasteiger charge is 2.17. The first-order valence-electron chi connectivity index (χ1n) is 10.7. The number of carbonyl (C=O) groups excluding carboxylic acids is 1. The Bertz CT molecular complexity index is 1070. The molecule has 3 aromatic rings. The topological polar surface area (TPSA) is 70.2 Å². The lowest BCUT2D eigenvalue weighted by atomic mass is 9.92. The molecule has 1 saturated heterocycles. The minimum Gasteiger partial charge on any atom is -0.355 e. The Kier molecular flexibility index (Phi) is 10.6. The summed E-state index contributed by atoms with van der Waals surface area (Å²) in [6, 6.07) is 7.72. The maximum absolute atomic E-state index is 12.2. The molecular weight excluding hydrogens is 501 g/mol. The van der Waals surface area contributed by atoms with E-state index in [9.17, 15) is 4.79 Å². The van der Waals surface area contributed by atoms with Crippen molar-refractivity contribution < 1.29 is 4.79 Å². The van der Waals surface area contributed by atoms with Gasteiger partial charge in [0.25, 0.3) is 5.91 Å². The normalized spacial score (nSPS) is 14.4. The fourth-order valence-corrected chi connectivity index (χ4v) is 5.42. The Hall–Kier alpha value is -1.64. The standard InChI is InChI=1S/C23H28ClN5OS.2ClH/c1-25-22(30)16-6-3-7-19-17(16)13-20(31-19)21-18(24)14-27-23(28-21)26-10-4-5-15-8-11-29(2)12-9-15;;/h3,6-7,13-15H,4-5,8-12H2,1-2H3,(H,25,30)(H,26,27,28);2*1H. The molecule has 1 amide bonds. The summed E-state index contributed by atoms with van der Waals surface area (Å²) in [4.78, 5) is 24.6. The number of carbonyl (C=O) groups is 1. The third-order valence-electron chi connectivity index (χ3n) is 5.92. The number of halogens is 3. The predicted molar refractivity (Wildman–Crippen MR) is 144 cm³/mol. The molecule has 0 unspecified atom stereocenters. The van der Waals surface area contributed by atoms with E-state index in [4.69, 9.17) is 11.6 Å². The van der Waals surface area contributed by atoms with Crippen LogP contribution in [-0.2, 0) is 0 Å². The summed E-state index contributed by atoms with van der Waals surface area (Å²) >= 11 is 8.01. The molecule has 0 radical (unpaired) electrons. The number of aromatic nitrogens is 2. The Morgan fingerprint density at radius 2 is 2.03 bits per heavy atom. The van der Waals surface area contributed by atoms with Gasteiger partial charge in [-0.15, -0.1) is 36.2 Å². The molecule has 180 valence electrons. The van der Waals surface area contributed by atoms with E-state index in [-0.39, 0.29) is 30.7 Å². The van der Waals surface area contributed by atoms with Crippen LogP contribution in [0.3, 0.4) is 0 Å². The molecule has 2 N–H and O–H groups in total. The summed E-state index contributed by atoms with van der Waals surface area (Å²) in [5.74, 6) is 1.32. The zero-order valence-electron chi connectivity index (χ0n) is 18.8. The number of nitrogens with one attached hydrogen (secondary N) is 2. The van der Waals surface area contributed by atoms with Crippen LogP contribution in [0.2, 0.25) is 5.02 Å². The van der Waals surface area contributed by atoms with Gasteiger partial charge in [0.15, 0.2) is 0 Å². The van der Waals surface area contributed by atoms with Crippen LogP contribution in [0.5, 0.6) is 0 Å². The molecule has 33 heavy (non-hydrogen) atoms. The van der Waals surface area contributed by atoms with E-state index in [1.54, 1.807) is 24.6 Å². The van der Waals surface area contributed by atoms with Crippen molar-refractivity contribution in [2.24, 2.45) is 5.92 Å². The molecule has 2 aromatic heterocycles. The summed E-state index contributed by atoms with van der Waals surface area (Å²) in [6.45, 7) is 3.26. The number of rotatable bonds is 7. The first-order chi connectivity index (χ1) is 15.0. The Morgan fingerprint density at radius 1 is 1.27 bits per heavy atom. The van der Waals surface area contributed by atoms with Gasteiger partial charge < -0.3 is 15.5 Å². The smallest absolute Gasteiger partial charge is 0.251 e. The van der Waals surface area contributed by atoms with E-state index < -0.39 is 0 Å². The summed E-state index contributed by atoms with van der Waals surface area (Å²) in [6.07, 6.45) is 6.57. The number of piperidine rings is 1. The quantitative estimate of drug-likeness (QED) is 0.381. The lowest BCUT2D eigenvalue weighted by Gasteiger charge is -2.28. The Morgan fingerprint density at radius 3 is 2.76 bits per heavy atom. The van der Waals surface area contributed by atoms with Crippen molar-refractivity contribution in [1.82, 2.24) is 20.2 Å². The van der Waals surface area contributed by atoms with Crippen molar-refractivity contribution in [3.05, 3.63) is 41.0 Å². The zero-order valence-corrected chi connectivity index (χ0v) is 22.0. The molecule has 4 rings (SSSR count). The van der Waals surface area contributed by atoms with Gasteiger partial charge in [0.05, 0.1) is 16.1 Å². The second-order valence-electron chi connectivity index (χ2n) is 8.11. The number of nitrogens with zero attached hydrogens (tertiary/aromatic N) is 3. The monoisotopic (exact) mass is 529 g/mol. The highest BCUT2D eigenvalue weighted by Crippen LogP contribution is 2.37. The number of likely N-dealkylation sites (tertiary alicyclic amines) is 1. The molecule has 1 aliphatic heterocycles. The average Bonchev–Trinajstić information content (AvgIpc) is 3.22. The molecule has 0 bridgehead atoms. The van der Waals surface area contributed by atoms with E-state index in [1.165, 1.54) is 32.4 Å². The second kappa shape index (κ2) is 12.7. The van der Waals surface area contributed by atoms with Crippen molar-refractivity contribution >= 4 is 69.7 Å². The molecule has 0 atom stereocenters.